The summed E-state index contributed by atoms with van der Waals surface area (Å²) < 4.78 is 0. The molecule has 1 aliphatic carbocycles. The van der Waals surface area contributed by atoms with Crippen LogP contribution in [0.4, 0.5) is 5.95 Å². The van der Waals surface area contributed by atoms with Gasteiger partial charge in [0.1, 0.15) is 0 Å². The molecule has 1 aromatic heterocycles. The van der Waals surface area contributed by atoms with Crippen molar-refractivity contribution >= 4 is 5.95 Å². The lowest BCUT2D eigenvalue weighted by Gasteiger charge is -2.26. The molecule has 16 heavy (non-hydrogen) atoms. The Balaban J connectivity index is 1.93. The molecule has 88 valence electrons. The van der Waals surface area contributed by atoms with Crippen LogP contribution < -0.4 is 11.1 Å². The van der Waals surface area contributed by atoms with Gasteiger partial charge in [-0.15, -0.1) is 0 Å². The van der Waals surface area contributed by atoms with Crippen LogP contribution in [0, 0.1) is 0 Å². The van der Waals surface area contributed by atoms with E-state index >= 15 is 0 Å². The van der Waals surface area contributed by atoms with Crippen LogP contribution in [-0.4, -0.2) is 22.1 Å². The predicted octanol–water partition coefficient (Wildman–Crippen LogP) is 1.72. The Hall–Kier alpha value is -1.16. The second-order valence-electron chi connectivity index (χ2n) is 4.48. The van der Waals surface area contributed by atoms with Crippen molar-refractivity contribution in [1.29, 1.82) is 0 Å². The fourth-order valence-corrected chi connectivity index (χ4v) is 2.11. The maximum absolute atomic E-state index is 5.88. The van der Waals surface area contributed by atoms with Crippen molar-refractivity contribution in [3.8, 4) is 0 Å². The second-order valence-corrected chi connectivity index (χ2v) is 4.48. The van der Waals surface area contributed by atoms with Gasteiger partial charge in [0.15, 0.2) is 0 Å². The monoisotopic (exact) mass is 220 g/mol. The Morgan fingerprint density at radius 1 is 1.38 bits per heavy atom. The van der Waals surface area contributed by atoms with Crippen molar-refractivity contribution in [3.05, 3.63) is 18.0 Å². The van der Waals surface area contributed by atoms with Crippen LogP contribution in [0.5, 0.6) is 0 Å². The zero-order chi connectivity index (χ0) is 11.4. The number of nitrogens with zero attached hydrogens (tertiary/aromatic N) is 2. The molecule has 1 saturated carbocycles. The quantitative estimate of drug-likeness (QED) is 0.814. The number of aryl methyl sites for hydroxylation is 1. The summed E-state index contributed by atoms with van der Waals surface area (Å²) in [6, 6.07) is 2.84. The molecule has 0 saturated heterocycles. The van der Waals surface area contributed by atoms with Gasteiger partial charge in [-0.25, -0.2) is 9.97 Å². The zero-order valence-electron chi connectivity index (χ0n) is 9.82. The van der Waals surface area contributed by atoms with E-state index in [2.05, 4.69) is 22.2 Å². The third-order valence-corrected chi connectivity index (χ3v) is 3.18. The highest BCUT2D eigenvalue weighted by Gasteiger charge is 2.18. The van der Waals surface area contributed by atoms with E-state index in [0.29, 0.717) is 12.1 Å². The molecule has 1 fully saturated rings. The molecule has 0 aliphatic heterocycles. The largest absolute Gasteiger partial charge is 0.351 e. The minimum atomic E-state index is 0.390. The van der Waals surface area contributed by atoms with Gasteiger partial charge in [0.05, 0.1) is 0 Å². The highest BCUT2D eigenvalue weighted by atomic mass is 15.1. The van der Waals surface area contributed by atoms with Gasteiger partial charge in [0.25, 0.3) is 0 Å². The molecule has 3 N–H and O–H groups in total. The van der Waals surface area contributed by atoms with E-state index < -0.39 is 0 Å². The third kappa shape index (κ3) is 2.92. The fourth-order valence-electron chi connectivity index (χ4n) is 2.11. The first-order valence-electron chi connectivity index (χ1n) is 6.12. The third-order valence-electron chi connectivity index (χ3n) is 3.18. The minimum absolute atomic E-state index is 0.390. The summed E-state index contributed by atoms with van der Waals surface area (Å²) in [5.74, 6) is 0.764. The van der Waals surface area contributed by atoms with E-state index in [1.165, 1.54) is 0 Å². The van der Waals surface area contributed by atoms with E-state index in [1.54, 1.807) is 0 Å². The molecule has 2 rings (SSSR count). The highest BCUT2D eigenvalue weighted by molar-refractivity contribution is 5.27. The first-order valence-corrected chi connectivity index (χ1v) is 6.12. The molecule has 0 amide bonds. The maximum atomic E-state index is 5.88. The Bertz CT molecular complexity index is 332. The highest BCUT2D eigenvalue weighted by Crippen LogP contribution is 2.19. The molecule has 1 heterocycles. The molecule has 0 aromatic carbocycles. The number of hydrogen-bond donors (Lipinski definition) is 2. The number of anilines is 1. The van der Waals surface area contributed by atoms with Crippen molar-refractivity contribution in [1.82, 2.24) is 9.97 Å². The van der Waals surface area contributed by atoms with Crippen LogP contribution in [0.25, 0.3) is 0 Å². The van der Waals surface area contributed by atoms with Gasteiger partial charge in [0.2, 0.25) is 5.95 Å². The van der Waals surface area contributed by atoms with Crippen LogP contribution in [0.15, 0.2) is 12.3 Å². The second kappa shape index (κ2) is 5.25. The molecule has 0 spiro atoms. The molecular formula is C12H20N4. The van der Waals surface area contributed by atoms with Crippen molar-refractivity contribution in [3.63, 3.8) is 0 Å². The molecule has 1 aliphatic rings. The van der Waals surface area contributed by atoms with Gasteiger partial charge in [-0.3, -0.25) is 0 Å². The normalized spacial score (nSPS) is 25.4. The van der Waals surface area contributed by atoms with Crippen molar-refractivity contribution in [2.75, 3.05) is 5.32 Å². The molecule has 0 unspecified atom stereocenters. The van der Waals surface area contributed by atoms with Crippen LogP contribution in [-0.2, 0) is 6.42 Å². The zero-order valence-corrected chi connectivity index (χ0v) is 9.82. The van der Waals surface area contributed by atoms with E-state index in [-0.39, 0.29) is 0 Å². The van der Waals surface area contributed by atoms with Crippen LogP contribution >= 0.6 is 0 Å². The van der Waals surface area contributed by atoms with Crippen LogP contribution in [0.3, 0.4) is 0 Å². The van der Waals surface area contributed by atoms with Gasteiger partial charge in [0, 0.05) is 24.0 Å². The first kappa shape index (κ1) is 11.3. The number of aromatic nitrogens is 2. The summed E-state index contributed by atoms with van der Waals surface area (Å²) in [7, 11) is 0. The summed E-state index contributed by atoms with van der Waals surface area (Å²) in [6.45, 7) is 2.10. The summed E-state index contributed by atoms with van der Waals surface area (Å²) >= 11 is 0. The Labute approximate surface area is 96.7 Å². The number of rotatable bonds is 3. The van der Waals surface area contributed by atoms with E-state index in [0.717, 1.165) is 43.7 Å². The Kier molecular flexibility index (Phi) is 3.72. The average molecular weight is 220 g/mol. The predicted molar refractivity (Wildman–Crippen MR) is 65.3 cm³/mol. The lowest BCUT2D eigenvalue weighted by Crippen LogP contribution is -2.33. The van der Waals surface area contributed by atoms with E-state index in [1.807, 2.05) is 12.3 Å². The molecule has 0 bridgehead atoms. The Morgan fingerprint density at radius 2 is 2.12 bits per heavy atom. The summed E-state index contributed by atoms with van der Waals surface area (Å²) in [5.41, 5.74) is 6.96. The molecule has 0 atom stereocenters. The summed E-state index contributed by atoms with van der Waals surface area (Å²) in [5, 5.41) is 3.40. The molecule has 4 nitrogen and oxygen atoms in total. The minimum Gasteiger partial charge on any atom is -0.351 e. The fraction of sp³-hybridized carbons (Fsp3) is 0.667. The number of nitrogens with two attached hydrogens (primary N) is 1. The van der Waals surface area contributed by atoms with Crippen molar-refractivity contribution in [2.45, 2.75) is 51.1 Å². The van der Waals surface area contributed by atoms with Crippen LogP contribution in [0.2, 0.25) is 0 Å². The summed E-state index contributed by atoms with van der Waals surface area (Å²) in [4.78, 5) is 8.70. The number of nitrogens with one attached hydrogen (secondary N) is 1. The van der Waals surface area contributed by atoms with Gasteiger partial charge in [-0.05, 0) is 38.2 Å². The number of hydrogen-bond acceptors (Lipinski definition) is 4. The van der Waals surface area contributed by atoms with Gasteiger partial charge in [-0.1, -0.05) is 6.92 Å². The lowest BCUT2D eigenvalue weighted by molar-refractivity contribution is 0.410. The average Bonchev–Trinajstić information content (AvgIpc) is 2.32. The molecular weight excluding hydrogens is 200 g/mol. The molecule has 1 aromatic rings. The van der Waals surface area contributed by atoms with Crippen LogP contribution in [0.1, 0.15) is 38.3 Å². The topological polar surface area (TPSA) is 63.8 Å². The molecule has 0 radical (unpaired) electrons. The van der Waals surface area contributed by atoms with Gasteiger partial charge in [-0.2, -0.15) is 0 Å². The summed E-state index contributed by atoms with van der Waals surface area (Å²) in [6.07, 6.45) is 7.23. The van der Waals surface area contributed by atoms with Gasteiger partial charge < -0.3 is 11.1 Å². The standard InChI is InChI=1S/C12H20N4/c1-2-10-7-8-14-12(15-10)16-11-5-3-9(13)4-6-11/h7-9,11H,2-6,13H2,1H3,(H,14,15,16)/t9-,11-. The lowest BCUT2D eigenvalue weighted by atomic mass is 9.92. The van der Waals surface area contributed by atoms with E-state index in [9.17, 15) is 0 Å². The molecule has 4 heteroatoms. The SMILES string of the molecule is CCc1ccnc(N[C@H]2CC[C@H](N)CC2)n1. The van der Waals surface area contributed by atoms with Gasteiger partial charge >= 0.3 is 0 Å². The smallest absolute Gasteiger partial charge is 0.223 e. The van der Waals surface area contributed by atoms with Crippen molar-refractivity contribution in [2.24, 2.45) is 5.73 Å². The van der Waals surface area contributed by atoms with E-state index in [4.69, 9.17) is 5.73 Å². The van der Waals surface area contributed by atoms with Crippen molar-refractivity contribution < 1.29 is 0 Å². The first-order chi connectivity index (χ1) is 7.78. The Morgan fingerprint density at radius 3 is 2.81 bits per heavy atom. The maximum Gasteiger partial charge on any atom is 0.223 e.